The smallest absolute Gasteiger partial charge is 0.223 e. The van der Waals surface area contributed by atoms with Crippen LogP contribution in [0.5, 0.6) is 0 Å². The van der Waals surface area contributed by atoms with Gasteiger partial charge in [0, 0.05) is 6.92 Å². The van der Waals surface area contributed by atoms with Gasteiger partial charge in [0.1, 0.15) is 0 Å². The Kier molecular flexibility index (Phi) is 5.32. The Labute approximate surface area is 91.7 Å². The summed E-state index contributed by atoms with van der Waals surface area (Å²) in [5.41, 5.74) is 0. The van der Waals surface area contributed by atoms with E-state index in [9.17, 15) is 0 Å². The molecule has 1 aliphatic rings. The molecule has 0 bridgehead atoms. The minimum absolute atomic E-state index is 0.657. The van der Waals surface area contributed by atoms with Crippen molar-refractivity contribution in [1.82, 2.24) is 15.0 Å². The lowest BCUT2D eigenvalue weighted by Gasteiger charge is -2.10. The van der Waals surface area contributed by atoms with Gasteiger partial charge in [0.05, 0.1) is 6.54 Å². The molecule has 4 heteroatoms. The number of aromatic nitrogens is 2. The molecule has 0 atom stereocenters. The molecule has 15 heavy (non-hydrogen) atoms. The minimum Gasteiger partial charge on any atom is -0.340 e. The average molecular weight is 211 g/mol. The maximum Gasteiger partial charge on any atom is 0.223 e. The van der Waals surface area contributed by atoms with Gasteiger partial charge in [0.2, 0.25) is 5.89 Å². The predicted molar refractivity (Wildman–Crippen MR) is 59.5 cm³/mol. The van der Waals surface area contributed by atoms with Gasteiger partial charge in [-0.3, -0.25) is 4.90 Å². The van der Waals surface area contributed by atoms with Gasteiger partial charge in [-0.2, -0.15) is 4.98 Å². The van der Waals surface area contributed by atoms with Crippen LogP contribution in [0.3, 0.4) is 0 Å². The van der Waals surface area contributed by atoms with Crippen LogP contribution in [0.1, 0.15) is 44.8 Å². The highest BCUT2D eigenvalue weighted by molar-refractivity contribution is 4.84. The third-order valence-electron chi connectivity index (χ3n) is 2.13. The molecule has 1 aliphatic heterocycles. The van der Waals surface area contributed by atoms with Crippen LogP contribution in [-0.2, 0) is 6.54 Å². The van der Waals surface area contributed by atoms with Crippen molar-refractivity contribution in [1.29, 1.82) is 0 Å². The molecule has 1 saturated heterocycles. The molecule has 0 radical (unpaired) electrons. The zero-order chi connectivity index (χ0) is 11.1. The molecule has 1 aromatic heterocycles. The molecule has 1 aromatic rings. The summed E-state index contributed by atoms with van der Waals surface area (Å²) in [7, 11) is 0. The largest absolute Gasteiger partial charge is 0.340 e. The lowest BCUT2D eigenvalue weighted by Crippen LogP contribution is -2.19. The first kappa shape index (κ1) is 12.2. The molecule has 86 valence electrons. The molecule has 0 N–H and O–H groups in total. The van der Waals surface area contributed by atoms with E-state index in [1.807, 2.05) is 6.92 Å². The summed E-state index contributed by atoms with van der Waals surface area (Å²) in [6, 6.07) is 0. The van der Waals surface area contributed by atoms with Gasteiger partial charge in [-0.1, -0.05) is 25.4 Å². The van der Waals surface area contributed by atoms with E-state index in [1.54, 1.807) is 0 Å². The molecule has 2 heterocycles. The normalized spacial score (nSPS) is 16.2. The van der Waals surface area contributed by atoms with E-state index in [4.69, 9.17) is 4.52 Å². The fraction of sp³-hybridized carbons (Fsp3) is 0.818. The molecular weight excluding hydrogens is 190 g/mol. The fourth-order valence-corrected chi connectivity index (χ4v) is 1.55. The third-order valence-corrected chi connectivity index (χ3v) is 2.13. The summed E-state index contributed by atoms with van der Waals surface area (Å²) in [5.74, 6) is 1.47. The van der Waals surface area contributed by atoms with Gasteiger partial charge in [0.15, 0.2) is 5.82 Å². The van der Waals surface area contributed by atoms with Crippen LogP contribution in [0.25, 0.3) is 0 Å². The highest BCUT2D eigenvalue weighted by atomic mass is 16.5. The van der Waals surface area contributed by atoms with Crippen molar-refractivity contribution in [2.45, 2.75) is 46.6 Å². The molecule has 1 fully saturated rings. The highest BCUT2D eigenvalue weighted by Crippen LogP contribution is 2.10. The summed E-state index contributed by atoms with van der Waals surface area (Å²) in [4.78, 5) is 6.51. The van der Waals surface area contributed by atoms with Crippen molar-refractivity contribution < 1.29 is 4.52 Å². The van der Waals surface area contributed by atoms with Crippen molar-refractivity contribution in [2.75, 3.05) is 13.1 Å². The van der Waals surface area contributed by atoms with E-state index in [1.165, 1.54) is 32.4 Å². The number of rotatable bonds is 2. The molecule has 0 saturated carbocycles. The Balaban J connectivity index is 0.000000337. The molecule has 0 amide bonds. The van der Waals surface area contributed by atoms with Crippen molar-refractivity contribution in [2.24, 2.45) is 0 Å². The van der Waals surface area contributed by atoms with Crippen LogP contribution < -0.4 is 0 Å². The first-order chi connectivity index (χ1) is 7.26. The molecule has 0 spiro atoms. The van der Waals surface area contributed by atoms with E-state index in [0.29, 0.717) is 5.89 Å². The Hall–Kier alpha value is -0.900. The molecular formula is C11H21N3O. The van der Waals surface area contributed by atoms with E-state index >= 15 is 0 Å². The Morgan fingerprint density at radius 3 is 2.33 bits per heavy atom. The lowest BCUT2D eigenvalue weighted by atomic mass is 10.4. The zero-order valence-corrected chi connectivity index (χ0v) is 9.99. The first-order valence-corrected chi connectivity index (χ1v) is 5.77. The zero-order valence-electron chi connectivity index (χ0n) is 9.99. The Bertz CT molecular complexity index is 267. The number of likely N-dealkylation sites (tertiary alicyclic amines) is 1. The lowest BCUT2D eigenvalue weighted by molar-refractivity contribution is 0.310. The van der Waals surface area contributed by atoms with Gasteiger partial charge < -0.3 is 4.52 Å². The van der Waals surface area contributed by atoms with Crippen molar-refractivity contribution in [3.63, 3.8) is 0 Å². The molecule has 0 aliphatic carbocycles. The monoisotopic (exact) mass is 211 g/mol. The SMILES string of the molecule is CCC.Cc1nc(CN2CCCC2)no1. The number of aryl methyl sites for hydroxylation is 1. The standard InChI is InChI=1S/C8H13N3O.C3H8/c1-7-9-8(10-12-7)6-11-4-2-3-5-11;1-3-2/h2-6H2,1H3;3H2,1-2H3. The van der Waals surface area contributed by atoms with Crippen LogP contribution in [-0.4, -0.2) is 28.1 Å². The Morgan fingerprint density at radius 2 is 1.87 bits per heavy atom. The molecule has 0 aromatic carbocycles. The van der Waals surface area contributed by atoms with Crippen LogP contribution >= 0.6 is 0 Å². The van der Waals surface area contributed by atoms with Crippen LogP contribution in [0.15, 0.2) is 4.52 Å². The Morgan fingerprint density at radius 1 is 1.27 bits per heavy atom. The van der Waals surface area contributed by atoms with E-state index in [2.05, 4.69) is 28.9 Å². The fourth-order valence-electron chi connectivity index (χ4n) is 1.55. The third kappa shape index (κ3) is 4.42. The van der Waals surface area contributed by atoms with E-state index in [-0.39, 0.29) is 0 Å². The number of nitrogens with zero attached hydrogens (tertiary/aromatic N) is 3. The topological polar surface area (TPSA) is 42.2 Å². The van der Waals surface area contributed by atoms with Crippen LogP contribution in [0.2, 0.25) is 0 Å². The minimum atomic E-state index is 0.657. The van der Waals surface area contributed by atoms with Crippen molar-refractivity contribution in [3.05, 3.63) is 11.7 Å². The number of hydrogen-bond acceptors (Lipinski definition) is 4. The van der Waals surface area contributed by atoms with E-state index in [0.717, 1.165) is 12.4 Å². The van der Waals surface area contributed by atoms with Crippen molar-refractivity contribution in [3.8, 4) is 0 Å². The second kappa shape index (κ2) is 6.56. The maximum absolute atomic E-state index is 4.89. The molecule has 2 rings (SSSR count). The summed E-state index contributed by atoms with van der Waals surface area (Å²) in [6.45, 7) is 9.26. The second-order valence-corrected chi connectivity index (χ2v) is 3.92. The van der Waals surface area contributed by atoms with Gasteiger partial charge in [-0.05, 0) is 25.9 Å². The van der Waals surface area contributed by atoms with Gasteiger partial charge in [0.25, 0.3) is 0 Å². The molecule has 4 nitrogen and oxygen atoms in total. The summed E-state index contributed by atoms with van der Waals surface area (Å²) in [6.07, 6.45) is 3.85. The van der Waals surface area contributed by atoms with Crippen LogP contribution in [0.4, 0.5) is 0 Å². The predicted octanol–water partition coefficient (Wildman–Crippen LogP) is 2.39. The van der Waals surface area contributed by atoms with Gasteiger partial charge in [-0.15, -0.1) is 0 Å². The second-order valence-electron chi connectivity index (χ2n) is 3.92. The quantitative estimate of drug-likeness (QED) is 0.753. The first-order valence-electron chi connectivity index (χ1n) is 5.77. The highest BCUT2D eigenvalue weighted by Gasteiger charge is 2.14. The average Bonchev–Trinajstić information content (AvgIpc) is 2.80. The van der Waals surface area contributed by atoms with E-state index < -0.39 is 0 Å². The van der Waals surface area contributed by atoms with Gasteiger partial charge in [-0.25, -0.2) is 0 Å². The summed E-state index contributed by atoms with van der Waals surface area (Å²) < 4.78 is 4.89. The summed E-state index contributed by atoms with van der Waals surface area (Å²) >= 11 is 0. The van der Waals surface area contributed by atoms with Gasteiger partial charge >= 0.3 is 0 Å². The van der Waals surface area contributed by atoms with Crippen LogP contribution in [0, 0.1) is 6.92 Å². The number of hydrogen-bond donors (Lipinski definition) is 0. The van der Waals surface area contributed by atoms with Crippen molar-refractivity contribution >= 4 is 0 Å². The summed E-state index contributed by atoms with van der Waals surface area (Å²) in [5, 5.41) is 3.85. The maximum atomic E-state index is 4.89. The molecule has 0 unspecified atom stereocenters.